The van der Waals surface area contributed by atoms with Crippen LogP contribution in [-0.2, 0) is 0 Å². The van der Waals surface area contributed by atoms with Gasteiger partial charge in [-0.3, -0.25) is 14.6 Å². The first-order chi connectivity index (χ1) is 12.2. The lowest BCUT2D eigenvalue weighted by molar-refractivity contribution is -0.153. The van der Waals surface area contributed by atoms with Crippen LogP contribution in [-0.4, -0.2) is 29.6 Å². The molecule has 7 nitrogen and oxygen atoms in total. The zero-order valence-corrected chi connectivity index (χ0v) is 13.0. The van der Waals surface area contributed by atoms with Crippen molar-refractivity contribution in [2.45, 2.75) is 6.18 Å². The summed E-state index contributed by atoms with van der Waals surface area (Å²) in [4.78, 5) is 26.8. The second kappa shape index (κ2) is 7.52. The molecule has 26 heavy (non-hydrogen) atoms. The van der Waals surface area contributed by atoms with E-state index in [2.05, 4.69) is 15.0 Å². The Morgan fingerprint density at radius 1 is 1.27 bits per heavy atom. The fraction of sp³-hybridized carbons (Fsp3) is 0.125. The Hall–Kier alpha value is -3.61. The maximum absolute atomic E-state index is 12.2. The summed E-state index contributed by atoms with van der Waals surface area (Å²) in [7, 11) is 0. The molecule has 0 spiro atoms. The standard InChI is InChI=1S/C16H11F3N4O3/c17-16(18,19)8-26-13-4-2-11(5-10(13)6-20)23-15(25)9-1-3-12(14(21)24)22-7-9/h1-5,7H,8H2,(H2,21,24)(H,23,25). The largest absolute Gasteiger partial charge is 0.483 e. The van der Waals surface area contributed by atoms with E-state index in [4.69, 9.17) is 11.0 Å². The van der Waals surface area contributed by atoms with Crippen LogP contribution in [0.25, 0.3) is 0 Å². The van der Waals surface area contributed by atoms with Gasteiger partial charge in [-0.05, 0) is 30.3 Å². The number of benzene rings is 1. The second-order valence-corrected chi connectivity index (χ2v) is 4.98. The van der Waals surface area contributed by atoms with E-state index >= 15 is 0 Å². The number of nitrogens with one attached hydrogen (secondary N) is 1. The average molecular weight is 364 g/mol. The number of primary amides is 1. The molecule has 10 heteroatoms. The number of carbonyl (C=O) groups is 2. The predicted molar refractivity (Wildman–Crippen MR) is 83.4 cm³/mol. The van der Waals surface area contributed by atoms with E-state index in [1.807, 2.05) is 0 Å². The molecule has 0 saturated heterocycles. The van der Waals surface area contributed by atoms with Crippen LogP contribution < -0.4 is 15.8 Å². The molecule has 0 aliphatic heterocycles. The minimum Gasteiger partial charge on any atom is -0.483 e. The number of hydrogen-bond donors (Lipinski definition) is 2. The predicted octanol–water partition coefficient (Wildman–Crippen LogP) is 2.25. The zero-order chi connectivity index (χ0) is 19.3. The van der Waals surface area contributed by atoms with Gasteiger partial charge in [-0.2, -0.15) is 18.4 Å². The Bertz CT molecular complexity index is 874. The maximum atomic E-state index is 12.2. The first-order valence-corrected chi connectivity index (χ1v) is 7.00. The van der Waals surface area contributed by atoms with Crippen molar-refractivity contribution in [3.05, 3.63) is 53.3 Å². The van der Waals surface area contributed by atoms with Crippen LogP contribution in [0.2, 0.25) is 0 Å². The molecule has 2 amide bonds. The first-order valence-electron chi connectivity index (χ1n) is 7.00. The van der Waals surface area contributed by atoms with Crippen molar-refractivity contribution < 1.29 is 27.5 Å². The molecular formula is C16H11F3N4O3. The van der Waals surface area contributed by atoms with Gasteiger partial charge in [0, 0.05) is 11.9 Å². The monoisotopic (exact) mass is 364 g/mol. The van der Waals surface area contributed by atoms with Crippen molar-refractivity contribution in [3.63, 3.8) is 0 Å². The number of nitrogens with zero attached hydrogens (tertiary/aromatic N) is 2. The molecule has 0 radical (unpaired) electrons. The summed E-state index contributed by atoms with van der Waals surface area (Å²) in [6.45, 7) is -1.54. The number of amides is 2. The van der Waals surface area contributed by atoms with E-state index < -0.39 is 24.6 Å². The molecule has 0 bridgehead atoms. The summed E-state index contributed by atoms with van der Waals surface area (Å²) in [5.41, 5.74) is 5.15. The number of hydrogen-bond acceptors (Lipinski definition) is 5. The number of aromatic nitrogens is 1. The molecule has 3 N–H and O–H groups in total. The van der Waals surface area contributed by atoms with Crippen molar-refractivity contribution in [1.82, 2.24) is 4.98 Å². The van der Waals surface area contributed by atoms with E-state index in [-0.39, 0.29) is 28.3 Å². The minimum atomic E-state index is -4.54. The van der Waals surface area contributed by atoms with Gasteiger partial charge in [0.25, 0.3) is 11.8 Å². The molecule has 0 fully saturated rings. The average Bonchev–Trinajstić information content (AvgIpc) is 2.59. The van der Waals surface area contributed by atoms with Gasteiger partial charge in [-0.1, -0.05) is 0 Å². The van der Waals surface area contributed by atoms with E-state index in [9.17, 15) is 22.8 Å². The smallest absolute Gasteiger partial charge is 0.422 e. The van der Waals surface area contributed by atoms with Gasteiger partial charge in [0.2, 0.25) is 0 Å². The molecular weight excluding hydrogens is 353 g/mol. The fourth-order valence-electron chi connectivity index (χ4n) is 1.86. The molecule has 2 rings (SSSR count). The number of halogens is 3. The summed E-state index contributed by atoms with van der Waals surface area (Å²) < 4.78 is 41.1. The van der Waals surface area contributed by atoms with Gasteiger partial charge in [0.1, 0.15) is 17.5 Å². The highest BCUT2D eigenvalue weighted by Gasteiger charge is 2.28. The van der Waals surface area contributed by atoms with Crippen LogP contribution in [0.1, 0.15) is 26.4 Å². The lowest BCUT2D eigenvalue weighted by Crippen LogP contribution is -2.19. The first kappa shape index (κ1) is 18.7. The van der Waals surface area contributed by atoms with E-state index in [0.717, 1.165) is 12.3 Å². The Morgan fingerprint density at radius 2 is 2.00 bits per heavy atom. The van der Waals surface area contributed by atoms with Crippen molar-refractivity contribution >= 4 is 17.5 Å². The van der Waals surface area contributed by atoms with Crippen molar-refractivity contribution in [1.29, 1.82) is 5.26 Å². The highest BCUT2D eigenvalue weighted by molar-refractivity contribution is 6.04. The third-order valence-corrected chi connectivity index (χ3v) is 3.03. The highest BCUT2D eigenvalue weighted by atomic mass is 19.4. The van der Waals surface area contributed by atoms with Crippen LogP contribution in [0, 0.1) is 11.3 Å². The zero-order valence-electron chi connectivity index (χ0n) is 13.0. The van der Waals surface area contributed by atoms with E-state index in [0.29, 0.717) is 0 Å². The number of nitrogens with two attached hydrogens (primary N) is 1. The summed E-state index contributed by atoms with van der Waals surface area (Å²) >= 11 is 0. The summed E-state index contributed by atoms with van der Waals surface area (Å²) in [5, 5.41) is 11.5. The molecule has 0 atom stereocenters. The van der Waals surface area contributed by atoms with Gasteiger partial charge >= 0.3 is 6.18 Å². The minimum absolute atomic E-state index is 0.0144. The van der Waals surface area contributed by atoms with Crippen LogP contribution in [0.4, 0.5) is 18.9 Å². The SMILES string of the molecule is N#Cc1cc(NC(=O)c2ccc(C(N)=O)nc2)ccc1OCC(F)(F)F. The maximum Gasteiger partial charge on any atom is 0.422 e. The van der Waals surface area contributed by atoms with E-state index in [1.54, 1.807) is 6.07 Å². The van der Waals surface area contributed by atoms with Crippen molar-refractivity contribution in [2.75, 3.05) is 11.9 Å². The van der Waals surface area contributed by atoms with Gasteiger partial charge in [-0.15, -0.1) is 0 Å². The second-order valence-electron chi connectivity index (χ2n) is 4.98. The van der Waals surface area contributed by atoms with E-state index in [1.165, 1.54) is 24.3 Å². The fourth-order valence-corrected chi connectivity index (χ4v) is 1.86. The molecule has 0 saturated carbocycles. The molecule has 0 aliphatic rings. The number of rotatable bonds is 5. The van der Waals surface area contributed by atoms with Crippen LogP contribution >= 0.6 is 0 Å². The lowest BCUT2D eigenvalue weighted by atomic mass is 10.1. The summed E-state index contributed by atoms with van der Waals surface area (Å²) in [6, 6.07) is 7.91. The Kier molecular flexibility index (Phi) is 5.42. The summed E-state index contributed by atoms with van der Waals surface area (Å²) in [5.74, 6) is -1.60. The van der Waals surface area contributed by atoms with Gasteiger partial charge in [0.15, 0.2) is 6.61 Å². The van der Waals surface area contributed by atoms with Crippen molar-refractivity contribution in [2.24, 2.45) is 5.73 Å². The number of alkyl halides is 3. The molecule has 134 valence electrons. The number of nitriles is 1. The molecule has 0 unspecified atom stereocenters. The molecule has 1 aromatic heterocycles. The topological polar surface area (TPSA) is 118 Å². The number of anilines is 1. The van der Waals surface area contributed by atoms with Gasteiger partial charge in [-0.25, -0.2) is 0 Å². The summed E-state index contributed by atoms with van der Waals surface area (Å²) in [6.07, 6.45) is -3.40. The molecule has 2 aromatic rings. The van der Waals surface area contributed by atoms with Crippen LogP contribution in [0.5, 0.6) is 5.75 Å². The highest BCUT2D eigenvalue weighted by Crippen LogP contribution is 2.25. The Balaban J connectivity index is 2.13. The lowest BCUT2D eigenvalue weighted by Gasteiger charge is -2.12. The molecule has 1 heterocycles. The molecule has 0 aliphatic carbocycles. The third-order valence-electron chi connectivity index (χ3n) is 3.03. The Morgan fingerprint density at radius 3 is 2.54 bits per heavy atom. The van der Waals surface area contributed by atoms with Crippen LogP contribution in [0.3, 0.4) is 0 Å². The Labute approximate surface area is 145 Å². The normalized spacial score (nSPS) is 10.7. The van der Waals surface area contributed by atoms with Crippen LogP contribution in [0.15, 0.2) is 36.5 Å². The van der Waals surface area contributed by atoms with Crippen molar-refractivity contribution in [3.8, 4) is 11.8 Å². The quantitative estimate of drug-likeness (QED) is 0.844. The van der Waals surface area contributed by atoms with Gasteiger partial charge < -0.3 is 15.8 Å². The number of ether oxygens (including phenoxy) is 1. The number of pyridine rings is 1. The third kappa shape index (κ3) is 4.94. The molecule has 1 aromatic carbocycles. The number of carbonyl (C=O) groups excluding carboxylic acids is 2. The van der Waals surface area contributed by atoms with Gasteiger partial charge in [0.05, 0.1) is 11.1 Å².